The number of aliphatic hydroxyl groups is 1. The summed E-state index contributed by atoms with van der Waals surface area (Å²) in [5.74, 6) is 0.135. The fraction of sp³-hybridized carbons (Fsp3) is 0.263. The van der Waals surface area contributed by atoms with Gasteiger partial charge in [-0.3, -0.25) is 4.68 Å². The molecule has 0 saturated heterocycles. The van der Waals surface area contributed by atoms with Gasteiger partial charge in [-0.1, -0.05) is 12.1 Å². The summed E-state index contributed by atoms with van der Waals surface area (Å²) in [7, 11) is 0. The van der Waals surface area contributed by atoms with Crippen LogP contribution in [0.15, 0.2) is 36.4 Å². The maximum atomic E-state index is 14.2. The van der Waals surface area contributed by atoms with E-state index in [-0.39, 0.29) is 11.2 Å². The van der Waals surface area contributed by atoms with Crippen molar-refractivity contribution in [2.45, 2.75) is 31.6 Å². The van der Waals surface area contributed by atoms with Gasteiger partial charge in [0.15, 0.2) is 11.5 Å². The van der Waals surface area contributed by atoms with Crippen molar-refractivity contribution in [2.24, 2.45) is 0 Å². The van der Waals surface area contributed by atoms with Gasteiger partial charge in [0.05, 0.1) is 17.5 Å². The lowest BCUT2D eigenvalue weighted by Crippen LogP contribution is -2.50. The van der Waals surface area contributed by atoms with E-state index in [9.17, 15) is 9.50 Å². The van der Waals surface area contributed by atoms with E-state index in [0.717, 1.165) is 0 Å². The number of aromatic nitrogens is 2. The quantitative estimate of drug-likeness (QED) is 0.658. The summed E-state index contributed by atoms with van der Waals surface area (Å²) < 4.78 is 21.7. The maximum Gasteiger partial charge on any atom is 0.187 e. The van der Waals surface area contributed by atoms with Crippen molar-refractivity contribution >= 4 is 22.4 Å². The topological polar surface area (TPSA) is 77.7 Å². The number of ether oxygens (including phenoxy) is 1. The molecule has 4 rings (SSSR count). The molecule has 2 heterocycles. The summed E-state index contributed by atoms with van der Waals surface area (Å²) >= 11 is 0. The van der Waals surface area contributed by atoms with Gasteiger partial charge in [-0.2, -0.15) is 5.10 Å². The van der Waals surface area contributed by atoms with Crippen molar-refractivity contribution in [1.82, 2.24) is 9.78 Å². The van der Waals surface area contributed by atoms with Crippen molar-refractivity contribution in [1.29, 1.82) is 0 Å². The number of rotatable bonds is 1. The summed E-state index contributed by atoms with van der Waals surface area (Å²) in [6, 6.07) is 8.95. The molecule has 6 nitrogen and oxygen atoms in total. The Kier molecular flexibility index (Phi) is 3.43. The van der Waals surface area contributed by atoms with E-state index in [1.165, 1.54) is 10.7 Å². The Morgan fingerprint density at radius 2 is 2.12 bits per heavy atom. The SMILES string of the molecule is [C-]#[N+]c1ccc2c(c1)[C@@H](n1nc(N)c3c(F)cccc31)[C@H](O)C(C)(C)O2. The summed E-state index contributed by atoms with van der Waals surface area (Å²) in [4.78, 5) is 3.45. The predicted octanol–water partition coefficient (Wildman–Crippen LogP) is 3.43. The number of halogens is 1. The minimum atomic E-state index is -0.984. The number of nitrogens with zero attached hydrogens (tertiary/aromatic N) is 3. The largest absolute Gasteiger partial charge is 0.485 e. The molecule has 0 aliphatic carbocycles. The van der Waals surface area contributed by atoms with Gasteiger partial charge in [-0.05, 0) is 38.1 Å². The molecule has 2 atom stereocenters. The number of hydrogen-bond donors (Lipinski definition) is 2. The molecule has 0 amide bonds. The summed E-state index contributed by atoms with van der Waals surface area (Å²) in [6.45, 7) is 10.8. The lowest BCUT2D eigenvalue weighted by atomic mass is 9.86. The van der Waals surface area contributed by atoms with E-state index in [4.69, 9.17) is 17.0 Å². The molecular formula is C19H17FN4O2. The third kappa shape index (κ3) is 2.23. The summed E-state index contributed by atoms with van der Waals surface area (Å²) in [6.07, 6.45) is -0.984. The van der Waals surface area contributed by atoms with E-state index < -0.39 is 23.6 Å². The second-order valence-electron chi connectivity index (χ2n) is 6.89. The zero-order valence-corrected chi connectivity index (χ0v) is 14.3. The summed E-state index contributed by atoms with van der Waals surface area (Å²) in [5.41, 5.74) is 6.54. The van der Waals surface area contributed by atoms with Crippen molar-refractivity contribution in [2.75, 3.05) is 5.73 Å². The second-order valence-corrected chi connectivity index (χ2v) is 6.89. The normalized spacial score (nSPS) is 21.0. The number of benzene rings is 2. The highest BCUT2D eigenvalue weighted by molar-refractivity contribution is 5.90. The smallest absolute Gasteiger partial charge is 0.187 e. The van der Waals surface area contributed by atoms with Gasteiger partial charge in [0, 0.05) is 5.56 Å². The zero-order chi connectivity index (χ0) is 18.6. The number of aliphatic hydroxyl groups excluding tert-OH is 1. The van der Waals surface area contributed by atoms with Crippen LogP contribution in [0.25, 0.3) is 15.7 Å². The van der Waals surface area contributed by atoms with Crippen LogP contribution < -0.4 is 10.5 Å². The lowest BCUT2D eigenvalue weighted by Gasteiger charge is -2.42. The van der Waals surface area contributed by atoms with Gasteiger partial charge in [0.2, 0.25) is 0 Å². The number of nitrogens with two attached hydrogens (primary N) is 1. The third-order valence-corrected chi connectivity index (χ3v) is 4.80. The lowest BCUT2D eigenvalue weighted by molar-refractivity contribution is -0.0649. The van der Waals surface area contributed by atoms with E-state index in [0.29, 0.717) is 22.5 Å². The molecule has 132 valence electrons. The standard InChI is InChI=1S/C19H17FN4O2/c1-19(2)17(25)16(11-9-10(22-3)7-8-14(11)26-19)24-13-6-4-5-12(20)15(13)18(21)23-24/h4-9,16-17,25H,1-2H3,(H2,21,23)/t16-,17+/m1/s1. The van der Waals surface area contributed by atoms with Crippen LogP contribution in [-0.2, 0) is 0 Å². The third-order valence-electron chi connectivity index (χ3n) is 4.80. The van der Waals surface area contributed by atoms with Crippen molar-refractivity contribution < 1.29 is 14.2 Å². The predicted molar refractivity (Wildman–Crippen MR) is 95.7 cm³/mol. The number of nitrogen functional groups attached to an aromatic ring is 1. The van der Waals surface area contributed by atoms with Crippen LogP contribution >= 0.6 is 0 Å². The maximum absolute atomic E-state index is 14.2. The van der Waals surface area contributed by atoms with Crippen LogP contribution in [0.1, 0.15) is 25.5 Å². The first-order valence-corrected chi connectivity index (χ1v) is 8.14. The van der Waals surface area contributed by atoms with E-state index in [2.05, 4.69) is 9.94 Å². The highest BCUT2D eigenvalue weighted by atomic mass is 19.1. The molecule has 1 aliphatic rings. The molecule has 0 radical (unpaired) electrons. The Balaban J connectivity index is 2.02. The average molecular weight is 352 g/mol. The monoisotopic (exact) mass is 352 g/mol. The van der Waals surface area contributed by atoms with Gasteiger partial charge >= 0.3 is 0 Å². The Labute approximate surface area is 149 Å². The van der Waals surface area contributed by atoms with Crippen LogP contribution in [0.2, 0.25) is 0 Å². The number of hydrogen-bond acceptors (Lipinski definition) is 4. The van der Waals surface area contributed by atoms with E-state index >= 15 is 0 Å². The first kappa shape index (κ1) is 16.4. The first-order chi connectivity index (χ1) is 12.3. The van der Waals surface area contributed by atoms with E-state index in [1.54, 1.807) is 44.2 Å². The van der Waals surface area contributed by atoms with Crippen LogP contribution in [-0.4, -0.2) is 26.6 Å². The van der Waals surface area contributed by atoms with Gasteiger partial charge in [-0.15, -0.1) is 0 Å². The number of anilines is 1. The average Bonchev–Trinajstić information content (AvgIpc) is 2.93. The van der Waals surface area contributed by atoms with Crippen LogP contribution in [0.5, 0.6) is 5.75 Å². The van der Waals surface area contributed by atoms with Gasteiger partial charge < -0.3 is 15.6 Å². The highest BCUT2D eigenvalue weighted by Crippen LogP contribution is 2.44. The molecule has 2 aromatic carbocycles. The number of fused-ring (bicyclic) bond motifs is 2. The molecule has 1 aromatic heterocycles. The Morgan fingerprint density at radius 1 is 1.35 bits per heavy atom. The van der Waals surface area contributed by atoms with Gasteiger partial charge in [0.1, 0.15) is 29.3 Å². The van der Waals surface area contributed by atoms with Crippen molar-refractivity contribution in [3.8, 4) is 5.75 Å². The Hall–Kier alpha value is -3.11. The van der Waals surface area contributed by atoms with Crippen LogP contribution in [0.3, 0.4) is 0 Å². The van der Waals surface area contributed by atoms with Crippen molar-refractivity contribution in [3.63, 3.8) is 0 Å². The molecule has 1 aliphatic heterocycles. The second kappa shape index (κ2) is 5.44. The molecule has 3 aromatic rings. The Morgan fingerprint density at radius 3 is 2.85 bits per heavy atom. The molecule has 0 spiro atoms. The fourth-order valence-corrected chi connectivity index (χ4v) is 3.48. The molecule has 7 heteroatoms. The minimum absolute atomic E-state index is 0.0532. The van der Waals surface area contributed by atoms with Crippen molar-refractivity contribution in [3.05, 3.63) is 59.2 Å². The Bertz CT molecular complexity index is 1070. The first-order valence-electron chi connectivity index (χ1n) is 8.14. The molecule has 0 fully saturated rings. The van der Waals surface area contributed by atoms with Crippen LogP contribution in [0.4, 0.5) is 15.9 Å². The minimum Gasteiger partial charge on any atom is -0.485 e. The molecule has 0 saturated carbocycles. The molecular weight excluding hydrogens is 335 g/mol. The fourth-order valence-electron chi connectivity index (χ4n) is 3.48. The molecule has 26 heavy (non-hydrogen) atoms. The zero-order valence-electron chi connectivity index (χ0n) is 14.3. The molecule has 3 N–H and O–H groups in total. The van der Waals surface area contributed by atoms with Gasteiger partial charge in [0.25, 0.3) is 0 Å². The summed E-state index contributed by atoms with van der Waals surface area (Å²) in [5, 5.41) is 15.5. The van der Waals surface area contributed by atoms with Crippen LogP contribution in [0, 0.1) is 12.4 Å². The van der Waals surface area contributed by atoms with E-state index in [1.807, 2.05) is 0 Å². The van der Waals surface area contributed by atoms with Gasteiger partial charge in [-0.25, -0.2) is 9.24 Å². The molecule has 0 bridgehead atoms. The molecule has 0 unspecified atom stereocenters. The highest BCUT2D eigenvalue weighted by Gasteiger charge is 2.45.